The number of aliphatic hydroxyl groups is 1. The van der Waals surface area contributed by atoms with Crippen LogP contribution in [0.3, 0.4) is 0 Å². The van der Waals surface area contributed by atoms with Gasteiger partial charge in [0.2, 0.25) is 0 Å². The van der Waals surface area contributed by atoms with Gasteiger partial charge in [-0.05, 0) is 32.6 Å². The predicted molar refractivity (Wildman–Crippen MR) is 57.6 cm³/mol. The minimum Gasteiger partial charge on any atom is -0.445 e. The Kier molecular flexibility index (Phi) is 4.15. The first-order valence-corrected chi connectivity index (χ1v) is 5.30. The molecular weight excluding hydrogens is 194 g/mol. The molecule has 4 nitrogen and oxygen atoms in total. The Labute approximate surface area is 90.3 Å². The van der Waals surface area contributed by atoms with Crippen molar-refractivity contribution in [3.63, 3.8) is 0 Å². The van der Waals surface area contributed by atoms with Crippen LogP contribution in [0.15, 0.2) is 12.7 Å². The van der Waals surface area contributed by atoms with Crippen molar-refractivity contribution in [2.45, 2.75) is 44.2 Å². The second-order valence-electron chi connectivity index (χ2n) is 4.30. The van der Waals surface area contributed by atoms with E-state index in [1.165, 1.54) is 6.08 Å². The van der Waals surface area contributed by atoms with Crippen molar-refractivity contribution in [3.05, 3.63) is 12.7 Å². The Morgan fingerprint density at radius 1 is 1.67 bits per heavy atom. The van der Waals surface area contributed by atoms with E-state index in [-0.39, 0.29) is 18.2 Å². The van der Waals surface area contributed by atoms with Gasteiger partial charge in [-0.15, -0.1) is 0 Å². The van der Waals surface area contributed by atoms with Gasteiger partial charge < -0.3 is 15.2 Å². The van der Waals surface area contributed by atoms with Crippen molar-refractivity contribution >= 4 is 6.09 Å². The van der Waals surface area contributed by atoms with Gasteiger partial charge in [0.05, 0.1) is 6.10 Å². The minimum absolute atomic E-state index is 0.218. The molecule has 0 radical (unpaired) electrons. The fourth-order valence-electron chi connectivity index (χ4n) is 1.78. The molecule has 1 amide bonds. The van der Waals surface area contributed by atoms with Gasteiger partial charge in [0.15, 0.2) is 0 Å². The largest absolute Gasteiger partial charge is 0.445 e. The lowest BCUT2D eigenvalue weighted by Crippen LogP contribution is -2.49. The van der Waals surface area contributed by atoms with Crippen LogP contribution < -0.4 is 5.32 Å². The molecule has 1 rings (SSSR count). The van der Waals surface area contributed by atoms with Crippen LogP contribution in [0, 0.1) is 0 Å². The number of carbonyl (C=O) groups is 1. The molecule has 0 aliphatic heterocycles. The molecule has 0 spiro atoms. The molecule has 1 aliphatic rings. The summed E-state index contributed by atoms with van der Waals surface area (Å²) < 4.78 is 4.86. The highest BCUT2D eigenvalue weighted by atomic mass is 16.5. The van der Waals surface area contributed by atoms with E-state index in [4.69, 9.17) is 4.74 Å². The van der Waals surface area contributed by atoms with Gasteiger partial charge in [0, 0.05) is 5.54 Å². The summed E-state index contributed by atoms with van der Waals surface area (Å²) in [7, 11) is 0. The lowest BCUT2D eigenvalue weighted by atomic mass is 9.82. The number of aliphatic hydroxyl groups excluding tert-OH is 1. The maximum atomic E-state index is 11.3. The summed E-state index contributed by atoms with van der Waals surface area (Å²) in [6, 6.07) is 0. The van der Waals surface area contributed by atoms with Crippen molar-refractivity contribution in [2.24, 2.45) is 0 Å². The minimum atomic E-state index is -0.409. The number of rotatable bonds is 3. The van der Waals surface area contributed by atoms with Crippen molar-refractivity contribution in [1.29, 1.82) is 0 Å². The Morgan fingerprint density at radius 2 is 2.27 bits per heavy atom. The lowest BCUT2D eigenvalue weighted by molar-refractivity contribution is 0.0826. The Balaban J connectivity index is 2.35. The van der Waals surface area contributed by atoms with E-state index >= 15 is 0 Å². The molecule has 0 unspecified atom stereocenters. The number of alkyl carbamates (subject to hydrolysis) is 1. The number of ether oxygens (including phenoxy) is 1. The van der Waals surface area contributed by atoms with E-state index in [9.17, 15) is 9.90 Å². The zero-order chi connectivity index (χ0) is 11.3. The normalized spacial score (nSPS) is 30.7. The highest BCUT2D eigenvalue weighted by Gasteiger charge is 2.31. The predicted octanol–water partition coefficient (Wildman–Crippen LogP) is 1.59. The zero-order valence-electron chi connectivity index (χ0n) is 9.16. The highest BCUT2D eigenvalue weighted by molar-refractivity contribution is 5.68. The third-order valence-electron chi connectivity index (χ3n) is 2.79. The maximum absolute atomic E-state index is 11.3. The second kappa shape index (κ2) is 5.16. The molecule has 0 aromatic heterocycles. The average Bonchev–Trinajstić information content (AvgIpc) is 2.20. The molecule has 1 fully saturated rings. The molecule has 0 heterocycles. The Hall–Kier alpha value is -1.03. The van der Waals surface area contributed by atoms with Crippen LogP contribution in [0.1, 0.15) is 32.6 Å². The van der Waals surface area contributed by atoms with E-state index in [1.807, 2.05) is 6.92 Å². The smallest absolute Gasteiger partial charge is 0.407 e. The first-order valence-electron chi connectivity index (χ1n) is 5.30. The van der Waals surface area contributed by atoms with Crippen molar-refractivity contribution in [1.82, 2.24) is 5.32 Å². The molecule has 1 aliphatic carbocycles. The quantitative estimate of drug-likeness (QED) is 0.700. The van der Waals surface area contributed by atoms with E-state index in [1.54, 1.807) is 0 Å². The number of amides is 1. The van der Waals surface area contributed by atoms with Gasteiger partial charge in [0.25, 0.3) is 0 Å². The summed E-state index contributed by atoms with van der Waals surface area (Å²) in [5, 5.41) is 12.2. The summed E-state index contributed by atoms with van der Waals surface area (Å²) in [6.45, 7) is 5.68. The van der Waals surface area contributed by atoms with Gasteiger partial charge in [-0.1, -0.05) is 12.7 Å². The summed E-state index contributed by atoms with van der Waals surface area (Å²) >= 11 is 0. The molecule has 0 atom stereocenters. The van der Waals surface area contributed by atoms with Gasteiger partial charge in [-0.3, -0.25) is 0 Å². The summed E-state index contributed by atoms with van der Waals surface area (Å²) in [6.07, 6.45) is 3.95. The van der Waals surface area contributed by atoms with E-state index < -0.39 is 6.09 Å². The van der Waals surface area contributed by atoms with Crippen molar-refractivity contribution < 1.29 is 14.6 Å². The van der Waals surface area contributed by atoms with Crippen LogP contribution >= 0.6 is 0 Å². The highest BCUT2D eigenvalue weighted by Crippen LogP contribution is 2.27. The van der Waals surface area contributed by atoms with Gasteiger partial charge in [-0.2, -0.15) is 0 Å². The first kappa shape index (κ1) is 12.0. The topological polar surface area (TPSA) is 58.6 Å². The third-order valence-corrected chi connectivity index (χ3v) is 2.79. The maximum Gasteiger partial charge on any atom is 0.407 e. The molecule has 0 saturated heterocycles. The average molecular weight is 213 g/mol. The number of nitrogens with one attached hydrogen (secondary N) is 1. The summed E-state index contributed by atoms with van der Waals surface area (Å²) in [5.41, 5.74) is -0.239. The van der Waals surface area contributed by atoms with Gasteiger partial charge in [-0.25, -0.2) is 4.79 Å². The third kappa shape index (κ3) is 3.91. The van der Waals surface area contributed by atoms with Crippen LogP contribution in [0.2, 0.25) is 0 Å². The fourth-order valence-corrected chi connectivity index (χ4v) is 1.78. The summed E-state index contributed by atoms with van der Waals surface area (Å²) in [5.74, 6) is 0. The molecule has 0 aromatic rings. The van der Waals surface area contributed by atoms with E-state index in [0.717, 1.165) is 25.7 Å². The monoisotopic (exact) mass is 213 g/mol. The van der Waals surface area contributed by atoms with Crippen LogP contribution in [0.5, 0.6) is 0 Å². The molecule has 2 N–H and O–H groups in total. The molecule has 1 saturated carbocycles. The van der Waals surface area contributed by atoms with Gasteiger partial charge in [0.1, 0.15) is 6.61 Å². The van der Waals surface area contributed by atoms with Crippen LogP contribution in [-0.2, 0) is 4.74 Å². The first-order chi connectivity index (χ1) is 7.06. The van der Waals surface area contributed by atoms with Crippen LogP contribution in [0.25, 0.3) is 0 Å². The second-order valence-corrected chi connectivity index (χ2v) is 4.30. The zero-order valence-corrected chi connectivity index (χ0v) is 9.16. The van der Waals surface area contributed by atoms with Crippen LogP contribution in [0.4, 0.5) is 4.79 Å². The Bertz CT molecular complexity index is 232. The summed E-state index contributed by atoms with van der Waals surface area (Å²) in [4.78, 5) is 11.3. The number of hydrogen-bond acceptors (Lipinski definition) is 3. The molecule has 0 bridgehead atoms. The standard InChI is InChI=1S/C11H19NO3/c1-3-8-15-10(14)12-11(2)6-4-9(13)5-7-11/h3,9,13H,1,4-8H2,2H3,(H,12,14)/t9-,11+. The van der Waals surface area contributed by atoms with Crippen LogP contribution in [-0.4, -0.2) is 29.4 Å². The van der Waals surface area contributed by atoms with Gasteiger partial charge >= 0.3 is 6.09 Å². The molecular formula is C11H19NO3. The SMILES string of the molecule is C=CCOC(=O)N[C@]1(C)CC[C@H](O)CC1. The molecule has 15 heavy (non-hydrogen) atoms. The Morgan fingerprint density at radius 3 is 2.80 bits per heavy atom. The van der Waals surface area contributed by atoms with Crippen molar-refractivity contribution in [3.8, 4) is 0 Å². The fraction of sp³-hybridized carbons (Fsp3) is 0.727. The number of carbonyl (C=O) groups excluding carboxylic acids is 1. The molecule has 4 heteroatoms. The van der Waals surface area contributed by atoms with Crippen molar-refractivity contribution in [2.75, 3.05) is 6.61 Å². The molecule has 0 aromatic carbocycles. The van der Waals surface area contributed by atoms with E-state index in [2.05, 4.69) is 11.9 Å². The molecule has 86 valence electrons. The number of hydrogen-bond donors (Lipinski definition) is 2. The lowest BCUT2D eigenvalue weighted by Gasteiger charge is -2.35. The van der Waals surface area contributed by atoms with E-state index in [0.29, 0.717) is 0 Å².